The number of unbranched alkanes of at least 4 members (excludes halogenated alkanes) is 1. The van der Waals surface area contributed by atoms with E-state index in [0.29, 0.717) is 22.8 Å². The lowest BCUT2D eigenvalue weighted by atomic mass is 10.0. The van der Waals surface area contributed by atoms with Crippen LogP contribution < -0.4 is 9.62 Å². The molecule has 0 aliphatic carbocycles. The van der Waals surface area contributed by atoms with Gasteiger partial charge in [-0.05, 0) is 60.7 Å². The molecule has 0 heterocycles. The van der Waals surface area contributed by atoms with Gasteiger partial charge in [0, 0.05) is 38.6 Å². The zero-order valence-corrected chi connectivity index (χ0v) is 26.6. The van der Waals surface area contributed by atoms with Gasteiger partial charge in [0.15, 0.2) is 0 Å². The molecule has 0 saturated carbocycles. The van der Waals surface area contributed by atoms with Crippen molar-refractivity contribution in [3.8, 4) is 0 Å². The highest BCUT2D eigenvalue weighted by Crippen LogP contribution is 2.26. The summed E-state index contributed by atoms with van der Waals surface area (Å²) >= 11 is 6.12. The molecule has 0 aromatic heterocycles. The van der Waals surface area contributed by atoms with Gasteiger partial charge in [-0.2, -0.15) is 12.7 Å². The van der Waals surface area contributed by atoms with E-state index in [2.05, 4.69) is 5.32 Å². The van der Waals surface area contributed by atoms with Crippen LogP contribution >= 0.6 is 11.6 Å². The Morgan fingerprint density at radius 2 is 1.60 bits per heavy atom. The number of rotatable bonds is 14. The van der Waals surface area contributed by atoms with Crippen LogP contribution in [0.15, 0.2) is 72.8 Å². The summed E-state index contributed by atoms with van der Waals surface area (Å²) < 4.78 is 29.4. The van der Waals surface area contributed by atoms with Gasteiger partial charge in [0.1, 0.15) is 12.6 Å². The summed E-state index contributed by atoms with van der Waals surface area (Å²) in [6.07, 6.45) is 1.97. The van der Waals surface area contributed by atoms with Gasteiger partial charge in [-0.25, -0.2) is 4.31 Å². The van der Waals surface area contributed by atoms with Gasteiger partial charge in [0.05, 0.1) is 5.69 Å². The predicted octanol–water partition coefficient (Wildman–Crippen LogP) is 5.13. The minimum atomic E-state index is -4.06. The average Bonchev–Trinajstić information content (AvgIpc) is 2.96. The molecule has 0 spiro atoms. The number of hydrogen-bond acceptors (Lipinski definition) is 4. The Bertz CT molecular complexity index is 1450. The van der Waals surface area contributed by atoms with Crippen molar-refractivity contribution in [2.45, 2.75) is 52.6 Å². The fourth-order valence-corrected chi connectivity index (χ4v) is 5.78. The van der Waals surface area contributed by atoms with Crippen LogP contribution in [0.3, 0.4) is 0 Å². The van der Waals surface area contributed by atoms with Gasteiger partial charge < -0.3 is 10.2 Å². The lowest BCUT2D eigenvalue weighted by Crippen LogP contribution is -2.54. The summed E-state index contributed by atoms with van der Waals surface area (Å²) in [5, 5.41) is 3.54. The van der Waals surface area contributed by atoms with Crippen molar-refractivity contribution < 1.29 is 18.0 Å². The molecule has 3 rings (SSSR count). The van der Waals surface area contributed by atoms with Gasteiger partial charge >= 0.3 is 10.2 Å². The molecular weight excluding hydrogens is 572 g/mol. The fourth-order valence-electron chi connectivity index (χ4n) is 4.54. The molecule has 42 heavy (non-hydrogen) atoms. The van der Waals surface area contributed by atoms with Crippen LogP contribution in [-0.4, -0.2) is 62.7 Å². The number of carbonyl (C=O) groups is 2. The summed E-state index contributed by atoms with van der Waals surface area (Å²) in [6.45, 7) is 5.81. The third-order valence-electron chi connectivity index (χ3n) is 7.02. The minimum Gasteiger partial charge on any atom is -0.354 e. The SMILES string of the molecule is CCCCNC(=O)C(Cc1ccccc1)N(Cc1ccc(Cl)cc1)C(=O)CN(c1cc(C)ccc1C)S(=O)(=O)N(C)C. The number of halogens is 1. The van der Waals surface area contributed by atoms with E-state index in [1.807, 2.05) is 63.2 Å². The van der Waals surface area contributed by atoms with Crippen molar-refractivity contribution in [1.29, 1.82) is 0 Å². The molecule has 1 unspecified atom stereocenters. The molecule has 0 radical (unpaired) electrons. The first-order valence-electron chi connectivity index (χ1n) is 14.1. The van der Waals surface area contributed by atoms with Crippen molar-refractivity contribution in [2.75, 3.05) is 31.5 Å². The van der Waals surface area contributed by atoms with Gasteiger partial charge in [0.2, 0.25) is 11.8 Å². The molecule has 1 N–H and O–H groups in total. The number of carbonyl (C=O) groups excluding carboxylic acids is 2. The zero-order chi connectivity index (χ0) is 30.9. The Balaban J connectivity index is 2.10. The van der Waals surface area contributed by atoms with E-state index in [9.17, 15) is 18.0 Å². The molecular formula is C32H41ClN4O4S. The van der Waals surface area contributed by atoms with Gasteiger partial charge in [0.25, 0.3) is 0 Å². The molecule has 0 bridgehead atoms. The highest BCUT2D eigenvalue weighted by molar-refractivity contribution is 7.90. The van der Waals surface area contributed by atoms with Crippen LogP contribution in [0.2, 0.25) is 5.02 Å². The quantitative estimate of drug-likeness (QED) is 0.256. The van der Waals surface area contributed by atoms with E-state index < -0.39 is 28.7 Å². The molecule has 2 amide bonds. The molecule has 0 fully saturated rings. The standard InChI is InChI=1S/C32H41ClN4O4S/c1-6-7-19-34-32(39)30(21-26-11-9-8-10-12-26)36(22-27-15-17-28(33)18-16-27)31(38)23-37(42(40,41)35(4)5)29-20-24(2)13-14-25(29)3/h8-18,20,30H,6-7,19,21-23H2,1-5H3,(H,34,39). The van der Waals surface area contributed by atoms with Crippen molar-refractivity contribution in [3.63, 3.8) is 0 Å². The molecule has 0 aliphatic heterocycles. The monoisotopic (exact) mass is 612 g/mol. The van der Waals surface area contributed by atoms with E-state index in [0.717, 1.165) is 38.1 Å². The number of nitrogens with zero attached hydrogens (tertiary/aromatic N) is 3. The number of amides is 2. The van der Waals surface area contributed by atoms with Crippen molar-refractivity contribution in [3.05, 3.63) is 100 Å². The van der Waals surface area contributed by atoms with Crippen molar-refractivity contribution >= 4 is 39.3 Å². The summed E-state index contributed by atoms with van der Waals surface area (Å²) in [5.41, 5.74) is 3.63. The van der Waals surface area contributed by atoms with Crippen molar-refractivity contribution in [1.82, 2.24) is 14.5 Å². The largest absolute Gasteiger partial charge is 0.354 e. The van der Waals surface area contributed by atoms with Gasteiger partial charge in [-0.3, -0.25) is 9.59 Å². The normalized spacial score (nSPS) is 12.2. The smallest absolute Gasteiger partial charge is 0.304 e. The number of anilines is 1. The number of hydrogen-bond donors (Lipinski definition) is 1. The van der Waals surface area contributed by atoms with Gasteiger partial charge in [-0.15, -0.1) is 0 Å². The second-order valence-electron chi connectivity index (χ2n) is 10.6. The number of aryl methyl sites for hydroxylation is 2. The molecule has 8 nitrogen and oxygen atoms in total. The molecule has 3 aromatic carbocycles. The Kier molecular flexibility index (Phi) is 12.0. The van der Waals surface area contributed by atoms with Crippen LogP contribution in [0.4, 0.5) is 5.69 Å². The van der Waals surface area contributed by atoms with Crippen LogP contribution in [0.1, 0.15) is 42.0 Å². The summed E-state index contributed by atoms with van der Waals surface area (Å²) in [5.74, 6) is -0.786. The van der Waals surface area contributed by atoms with Gasteiger partial charge in [-0.1, -0.05) is 79.5 Å². The van der Waals surface area contributed by atoms with E-state index in [1.165, 1.54) is 19.0 Å². The second kappa shape index (κ2) is 15.2. The van der Waals surface area contributed by atoms with E-state index in [1.54, 1.807) is 30.3 Å². The first-order valence-corrected chi connectivity index (χ1v) is 15.8. The van der Waals surface area contributed by atoms with E-state index in [-0.39, 0.29) is 18.9 Å². The molecule has 1 atom stereocenters. The maximum atomic E-state index is 14.3. The van der Waals surface area contributed by atoms with Crippen molar-refractivity contribution in [2.24, 2.45) is 0 Å². The Morgan fingerprint density at radius 3 is 2.21 bits per heavy atom. The van der Waals surface area contributed by atoms with Crippen LogP contribution in [0.5, 0.6) is 0 Å². The predicted molar refractivity (Wildman–Crippen MR) is 170 cm³/mol. The fraction of sp³-hybridized carbons (Fsp3) is 0.375. The van der Waals surface area contributed by atoms with Crippen LogP contribution in [0.25, 0.3) is 0 Å². The van der Waals surface area contributed by atoms with Crippen LogP contribution in [0, 0.1) is 13.8 Å². The van der Waals surface area contributed by atoms with E-state index in [4.69, 9.17) is 11.6 Å². The summed E-state index contributed by atoms with van der Waals surface area (Å²) in [7, 11) is -1.19. The Morgan fingerprint density at radius 1 is 0.929 bits per heavy atom. The lowest BCUT2D eigenvalue weighted by molar-refractivity contribution is -0.140. The Labute approximate surface area is 255 Å². The first-order chi connectivity index (χ1) is 19.9. The van der Waals surface area contributed by atoms with E-state index >= 15 is 0 Å². The molecule has 3 aromatic rings. The molecule has 0 saturated heterocycles. The Hall–Kier alpha value is -3.40. The topological polar surface area (TPSA) is 90.0 Å². The minimum absolute atomic E-state index is 0.0946. The highest BCUT2D eigenvalue weighted by atomic mass is 35.5. The lowest BCUT2D eigenvalue weighted by Gasteiger charge is -2.35. The third-order valence-corrected chi connectivity index (χ3v) is 9.08. The zero-order valence-electron chi connectivity index (χ0n) is 25.0. The maximum Gasteiger partial charge on any atom is 0.304 e. The number of benzene rings is 3. The highest BCUT2D eigenvalue weighted by Gasteiger charge is 2.35. The third kappa shape index (κ3) is 8.80. The maximum absolute atomic E-state index is 14.3. The number of nitrogens with one attached hydrogen (secondary N) is 1. The second-order valence-corrected chi connectivity index (χ2v) is 13.1. The summed E-state index contributed by atoms with van der Waals surface area (Å²) in [4.78, 5) is 29.5. The van der Waals surface area contributed by atoms with Crippen LogP contribution in [-0.2, 0) is 32.8 Å². The summed E-state index contributed by atoms with van der Waals surface area (Å²) in [6, 6.07) is 21.2. The first kappa shape index (κ1) is 33.1. The molecule has 0 aliphatic rings. The molecule has 226 valence electrons. The average molecular weight is 613 g/mol. The molecule has 10 heteroatoms.